The van der Waals surface area contributed by atoms with Crippen molar-refractivity contribution in [2.75, 3.05) is 0 Å². The molecule has 2 N–H and O–H groups in total. The van der Waals surface area contributed by atoms with Crippen molar-refractivity contribution in [1.29, 1.82) is 0 Å². The predicted octanol–water partition coefficient (Wildman–Crippen LogP) is 6.15. The first-order chi connectivity index (χ1) is 23.2. The molecule has 12 nitrogen and oxygen atoms in total. The maximum Gasteiger partial charge on any atom is 0.269 e. The summed E-state index contributed by atoms with van der Waals surface area (Å²) in [6.45, 7) is 0. The van der Waals surface area contributed by atoms with Crippen molar-refractivity contribution in [3.8, 4) is 11.3 Å². The summed E-state index contributed by atoms with van der Waals surface area (Å²) >= 11 is 5.27. The SMILES string of the molecule is O=C1NC(=S)NC(=O)C12C(c1ccccc1)/C(=C/c1ccc([N+](=O)[O-])cc1)c1noc(-c3ccc([N+](=O)[O-])cc3)c1C2c1ccccc1. The molecule has 0 radical (unpaired) electrons. The van der Waals surface area contributed by atoms with Crippen molar-refractivity contribution in [3.63, 3.8) is 0 Å². The number of benzene rings is 4. The number of hydrogen-bond donors (Lipinski definition) is 2. The minimum Gasteiger partial charge on any atom is -0.355 e. The van der Waals surface area contributed by atoms with Crippen molar-refractivity contribution < 1.29 is 24.0 Å². The number of nitro groups is 2. The van der Waals surface area contributed by atoms with Gasteiger partial charge in [-0.05, 0) is 64.8 Å². The van der Waals surface area contributed by atoms with Crippen LogP contribution in [0.25, 0.3) is 23.0 Å². The van der Waals surface area contributed by atoms with E-state index in [1.807, 2.05) is 36.4 Å². The molecule has 2 amide bonds. The van der Waals surface area contributed by atoms with E-state index in [-0.39, 0.29) is 22.2 Å². The van der Waals surface area contributed by atoms with Crippen molar-refractivity contribution >= 4 is 52.2 Å². The largest absolute Gasteiger partial charge is 0.355 e. The highest BCUT2D eigenvalue weighted by Gasteiger charge is 2.66. The van der Waals surface area contributed by atoms with Gasteiger partial charge in [0.2, 0.25) is 11.8 Å². The summed E-state index contributed by atoms with van der Waals surface area (Å²) in [5, 5.41) is 32.7. The highest BCUT2D eigenvalue weighted by Crippen LogP contribution is 2.63. The molecule has 2 atom stereocenters. The second kappa shape index (κ2) is 11.8. The number of hydrogen-bond acceptors (Lipinski definition) is 9. The lowest BCUT2D eigenvalue weighted by Crippen LogP contribution is -2.67. The quantitative estimate of drug-likeness (QED) is 0.0941. The summed E-state index contributed by atoms with van der Waals surface area (Å²) < 4.78 is 6.04. The Morgan fingerprint density at radius 1 is 0.729 bits per heavy atom. The molecule has 48 heavy (non-hydrogen) atoms. The normalized spacial score (nSPS) is 19.0. The number of amides is 2. The van der Waals surface area contributed by atoms with Gasteiger partial charge >= 0.3 is 0 Å². The lowest BCUT2D eigenvalue weighted by Gasteiger charge is -2.49. The van der Waals surface area contributed by atoms with Crippen LogP contribution in [0.1, 0.15) is 39.8 Å². The maximum atomic E-state index is 14.7. The van der Waals surface area contributed by atoms with E-state index in [4.69, 9.17) is 16.7 Å². The highest BCUT2D eigenvalue weighted by molar-refractivity contribution is 7.80. The Labute approximate surface area is 277 Å². The van der Waals surface area contributed by atoms with Crippen LogP contribution in [0.2, 0.25) is 0 Å². The molecule has 2 heterocycles. The second-order valence-electron chi connectivity index (χ2n) is 11.3. The third kappa shape index (κ3) is 4.84. The van der Waals surface area contributed by atoms with Gasteiger partial charge in [-0.15, -0.1) is 0 Å². The van der Waals surface area contributed by atoms with E-state index in [1.54, 1.807) is 42.5 Å². The van der Waals surface area contributed by atoms with Gasteiger partial charge in [-0.2, -0.15) is 0 Å². The van der Waals surface area contributed by atoms with E-state index < -0.39 is 38.9 Å². The fourth-order valence-corrected chi connectivity index (χ4v) is 6.94. The topological polar surface area (TPSA) is 171 Å². The van der Waals surface area contributed by atoms with Crippen molar-refractivity contribution in [2.45, 2.75) is 11.8 Å². The first kappa shape index (κ1) is 30.3. The summed E-state index contributed by atoms with van der Waals surface area (Å²) in [6.07, 6.45) is 1.73. The third-order valence-electron chi connectivity index (χ3n) is 8.75. The van der Waals surface area contributed by atoms with E-state index in [0.717, 1.165) is 0 Å². The van der Waals surface area contributed by atoms with E-state index in [2.05, 4.69) is 15.8 Å². The Hall–Kier alpha value is -6.34. The first-order valence-electron chi connectivity index (χ1n) is 14.7. The second-order valence-corrected chi connectivity index (χ2v) is 11.7. The van der Waals surface area contributed by atoms with Crippen LogP contribution in [0.4, 0.5) is 11.4 Å². The van der Waals surface area contributed by atoms with Crippen LogP contribution in [-0.4, -0.2) is 31.9 Å². The van der Waals surface area contributed by atoms with E-state index in [9.17, 15) is 29.8 Å². The monoisotopic (exact) mass is 657 g/mol. The van der Waals surface area contributed by atoms with E-state index in [1.165, 1.54) is 36.4 Å². The number of carbonyl (C=O) groups is 2. The molecule has 1 aliphatic heterocycles. The van der Waals surface area contributed by atoms with Crippen LogP contribution in [0.5, 0.6) is 0 Å². The molecule has 0 saturated carbocycles. The van der Waals surface area contributed by atoms with Gasteiger partial charge in [0.1, 0.15) is 5.69 Å². The Balaban J connectivity index is 1.60. The fraction of sp³-hybridized carbons (Fsp3) is 0.0857. The predicted molar refractivity (Wildman–Crippen MR) is 178 cm³/mol. The van der Waals surface area contributed by atoms with Crippen LogP contribution >= 0.6 is 12.2 Å². The number of aromatic nitrogens is 1. The van der Waals surface area contributed by atoms with Gasteiger partial charge < -0.3 is 15.2 Å². The van der Waals surface area contributed by atoms with Gasteiger partial charge in [-0.3, -0.25) is 29.8 Å². The Morgan fingerprint density at radius 2 is 1.23 bits per heavy atom. The molecule has 2 unspecified atom stereocenters. The molecule has 7 rings (SSSR count). The number of carbonyl (C=O) groups excluding carboxylic acids is 2. The average Bonchev–Trinajstić information content (AvgIpc) is 3.53. The number of nitrogens with zero attached hydrogens (tertiary/aromatic N) is 3. The number of fused-ring (bicyclic) bond motifs is 1. The molecular weight excluding hydrogens is 634 g/mol. The number of nitrogens with one attached hydrogen (secondary N) is 2. The number of non-ortho nitro benzene ring substituents is 2. The van der Waals surface area contributed by atoms with Gasteiger partial charge in [0, 0.05) is 47.2 Å². The Bertz CT molecular complexity index is 2130. The molecule has 236 valence electrons. The Kier molecular flexibility index (Phi) is 7.45. The van der Waals surface area contributed by atoms with Crippen molar-refractivity contribution in [1.82, 2.24) is 15.8 Å². The fourth-order valence-electron chi connectivity index (χ4n) is 6.75. The average molecular weight is 658 g/mol. The summed E-state index contributed by atoms with van der Waals surface area (Å²) in [7, 11) is 0. The van der Waals surface area contributed by atoms with Gasteiger partial charge in [0.25, 0.3) is 11.4 Å². The zero-order chi connectivity index (χ0) is 33.6. The van der Waals surface area contributed by atoms with Gasteiger partial charge in [0.05, 0.1) is 9.85 Å². The summed E-state index contributed by atoms with van der Waals surface area (Å²) in [5.41, 5.74) is 1.26. The molecule has 0 bridgehead atoms. The molecule has 1 spiro atoms. The Morgan fingerprint density at radius 3 is 1.75 bits per heavy atom. The van der Waals surface area contributed by atoms with Crippen LogP contribution in [0.15, 0.2) is 114 Å². The van der Waals surface area contributed by atoms with Gasteiger partial charge in [-0.25, -0.2) is 0 Å². The number of rotatable bonds is 6. The van der Waals surface area contributed by atoms with Crippen LogP contribution in [0, 0.1) is 25.6 Å². The van der Waals surface area contributed by atoms with Gasteiger partial charge in [0.15, 0.2) is 16.3 Å². The number of nitro benzene ring substituents is 2. The number of allylic oxidation sites excluding steroid dienone is 1. The van der Waals surface area contributed by atoms with Crippen molar-refractivity contribution in [2.24, 2.45) is 5.41 Å². The molecule has 1 fully saturated rings. The minimum atomic E-state index is -1.91. The molecule has 2 aliphatic rings. The molecule has 13 heteroatoms. The molecule has 5 aromatic rings. The zero-order valence-electron chi connectivity index (χ0n) is 24.7. The molecule has 1 aliphatic carbocycles. The number of thiocarbonyl (C=S) groups is 1. The summed E-state index contributed by atoms with van der Waals surface area (Å²) in [4.78, 5) is 51.2. The summed E-state index contributed by atoms with van der Waals surface area (Å²) in [6, 6.07) is 29.6. The van der Waals surface area contributed by atoms with E-state index in [0.29, 0.717) is 39.1 Å². The molecular formula is C35H23N5O7S. The van der Waals surface area contributed by atoms with Crippen LogP contribution < -0.4 is 10.6 Å². The lowest BCUT2D eigenvalue weighted by molar-refractivity contribution is -0.385. The zero-order valence-corrected chi connectivity index (χ0v) is 25.5. The minimum absolute atomic E-state index is 0.108. The summed E-state index contributed by atoms with van der Waals surface area (Å²) in [5.74, 6) is -3.04. The van der Waals surface area contributed by atoms with E-state index >= 15 is 0 Å². The molecule has 1 saturated heterocycles. The van der Waals surface area contributed by atoms with Crippen LogP contribution in [-0.2, 0) is 9.59 Å². The highest BCUT2D eigenvalue weighted by atomic mass is 32.1. The third-order valence-corrected chi connectivity index (χ3v) is 8.95. The van der Waals surface area contributed by atoms with Crippen LogP contribution in [0.3, 0.4) is 0 Å². The smallest absolute Gasteiger partial charge is 0.269 e. The molecule has 1 aromatic heterocycles. The van der Waals surface area contributed by atoms with Gasteiger partial charge in [-0.1, -0.05) is 65.8 Å². The standard InChI is InChI=1S/C35H23N5O7S/c41-32-35(33(42)37-34(48)36-32)28(21-7-3-1-4-8-21)26(19-20-11-15-24(16-12-20)39(43)44)30-27(29(35)22-9-5-2-6-10-22)31(47-38-30)23-13-17-25(18-14-23)40(45)46/h1-19,28-29H,(H2,36,37,41,42,48)/b26-19-. The first-order valence-corrected chi connectivity index (χ1v) is 15.1. The van der Waals surface area contributed by atoms with Crippen molar-refractivity contribution in [3.05, 3.63) is 157 Å². The maximum absolute atomic E-state index is 14.7. The lowest BCUT2D eigenvalue weighted by atomic mass is 9.52. The molecule has 4 aromatic carbocycles.